The van der Waals surface area contributed by atoms with E-state index in [9.17, 15) is 0 Å². The molecule has 2 nitrogen and oxygen atoms in total. The maximum Gasteiger partial charge on any atom is 0.120 e. The largest absolute Gasteiger partial charge is 0.490 e. The van der Waals surface area contributed by atoms with Gasteiger partial charge in [0, 0.05) is 4.90 Å². The van der Waals surface area contributed by atoms with Gasteiger partial charge in [0.25, 0.3) is 0 Å². The summed E-state index contributed by atoms with van der Waals surface area (Å²) in [5.41, 5.74) is 0. The van der Waals surface area contributed by atoms with Crippen LogP contribution in [0.1, 0.15) is 19.3 Å². The number of benzene rings is 1. The van der Waals surface area contributed by atoms with E-state index in [1.165, 1.54) is 17.7 Å². The van der Waals surface area contributed by atoms with Gasteiger partial charge in [-0.2, -0.15) is 0 Å². The van der Waals surface area contributed by atoms with Crippen LogP contribution in [-0.4, -0.2) is 26.0 Å². The number of rotatable bonds is 7. The highest BCUT2D eigenvalue weighted by molar-refractivity contribution is 7.98. The van der Waals surface area contributed by atoms with Crippen LogP contribution in [0.25, 0.3) is 0 Å². The van der Waals surface area contributed by atoms with Crippen molar-refractivity contribution in [2.45, 2.75) is 30.3 Å². The Labute approximate surface area is 108 Å². The fraction of sp³-hybridized carbons (Fsp3) is 0.571. The maximum absolute atomic E-state index is 6.13. The van der Waals surface area contributed by atoms with Gasteiger partial charge < -0.3 is 10.1 Å². The average Bonchev–Trinajstić information content (AvgIpc) is 3.19. The summed E-state index contributed by atoms with van der Waals surface area (Å²) in [5.74, 6) is 1.80. The smallest absolute Gasteiger partial charge is 0.120 e. The first-order valence-corrected chi connectivity index (χ1v) is 7.51. The molecule has 1 aromatic carbocycles. The van der Waals surface area contributed by atoms with Gasteiger partial charge in [0.05, 0.1) is 0 Å². The Balaban J connectivity index is 1.95. The molecule has 1 aromatic rings. The van der Waals surface area contributed by atoms with Crippen molar-refractivity contribution in [2.75, 3.05) is 19.8 Å². The molecule has 2 rings (SSSR count). The predicted octanol–water partition coefficient (Wildman–Crippen LogP) is 3.18. The third-order valence-corrected chi connectivity index (χ3v) is 3.88. The number of ether oxygens (including phenoxy) is 1. The quantitative estimate of drug-likeness (QED) is 0.752. The fourth-order valence-electron chi connectivity index (χ4n) is 1.99. The highest BCUT2D eigenvalue weighted by atomic mass is 32.2. The molecule has 1 aliphatic rings. The van der Waals surface area contributed by atoms with Crippen molar-refractivity contribution < 1.29 is 4.74 Å². The molecule has 17 heavy (non-hydrogen) atoms. The van der Waals surface area contributed by atoms with Crippen LogP contribution in [0, 0.1) is 5.92 Å². The average molecular weight is 251 g/mol. The second kappa shape index (κ2) is 6.31. The van der Waals surface area contributed by atoms with Crippen LogP contribution in [0.4, 0.5) is 0 Å². The minimum Gasteiger partial charge on any atom is -0.490 e. The summed E-state index contributed by atoms with van der Waals surface area (Å²) in [6.07, 6.45) is 6.25. The van der Waals surface area contributed by atoms with E-state index in [-0.39, 0.29) is 0 Å². The van der Waals surface area contributed by atoms with Crippen molar-refractivity contribution >= 4 is 11.8 Å². The number of nitrogens with one attached hydrogen (secondary N) is 1. The molecular formula is C14H21NOS. The van der Waals surface area contributed by atoms with Gasteiger partial charge in [-0.05, 0) is 63.2 Å². The Morgan fingerprint density at radius 1 is 1.47 bits per heavy atom. The molecule has 94 valence electrons. The zero-order valence-corrected chi connectivity index (χ0v) is 11.4. The molecule has 1 unspecified atom stereocenters. The Bertz CT molecular complexity index is 352. The van der Waals surface area contributed by atoms with Crippen LogP contribution in [0.3, 0.4) is 0 Å². The molecule has 1 aliphatic carbocycles. The molecular weight excluding hydrogens is 230 g/mol. The summed E-state index contributed by atoms with van der Waals surface area (Å²) >= 11 is 1.76. The molecule has 0 spiro atoms. The molecule has 1 fully saturated rings. The summed E-state index contributed by atoms with van der Waals surface area (Å²) in [6.45, 7) is 1.03. The first-order valence-electron chi connectivity index (χ1n) is 6.29. The van der Waals surface area contributed by atoms with Gasteiger partial charge in [0.2, 0.25) is 0 Å². The monoisotopic (exact) mass is 251 g/mol. The zero-order chi connectivity index (χ0) is 12.1. The molecule has 0 aliphatic heterocycles. The number of hydrogen-bond acceptors (Lipinski definition) is 3. The van der Waals surface area contributed by atoms with Gasteiger partial charge in [0.1, 0.15) is 11.9 Å². The summed E-state index contributed by atoms with van der Waals surface area (Å²) in [7, 11) is 2.00. The van der Waals surface area contributed by atoms with Crippen molar-refractivity contribution in [1.82, 2.24) is 5.32 Å². The third-order valence-electron chi connectivity index (χ3n) is 3.16. The van der Waals surface area contributed by atoms with Crippen LogP contribution >= 0.6 is 11.8 Å². The van der Waals surface area contributed by atoms with Crippen LogP contribution in [0.5, 0.6) is 5.75 Å². The lowest BCUT2D eigenvalue weighted by Gasteiger charge is -2.19. The van der Waals surface area contributed by atoms with E-state index in [2.05, 4.69) is 35.8 Å². The topological polar surface area (TPSA) is 21.3 Å². The normalized spacial score (nSPS) is 16.8. The van der Waals surface area contributed by atoms with Gasteiger partial charge in [-0.3, -0.25) is 0 Å². The van der Waals surface area contributed by atoms with E-state index in [4.69, 9.17) is 4.74 Å². The Morgan fingerprint density at radius 2 is 2.29 bits per heavy atom. The molecule has 0 saturated heterocycles. The molecule has 0 aromatic heterocycles. The van der Waals surface area contributed by atoms with Crippen LogP contribution in [-0.2, 0) is 0 Å². The lowest BCUT2D eigenvalue weighted by atomic mass is 10.1. The van der Waals surface area contributed by atoms with Gasteiger partial charge in [0.15, 0.2) is 0 Å². The predicted molar refractivity (Wildman–Crippen MR) is 73.9 cm³/mol. The Hall–Kier alpha value is -0.670. The Kier molecular flexibility index (Phi) is 4.75. The second-order valence-electron chi connectivity index (χ2n) is 4.56. The number of hydrogen-bond donors (Lipinski definition) is 1. The van der Waals surface area contributed by atoms with Gasteiger partial charge in [-0.1, -0.05) is 6.07 Å². The summed E-state index contributed by atoms with van der Waals surface area (Å²) < 4.78 is 6.13. The molecule has 0 heterocycles. The molecule has 1 atom stereocenters. The fourth-order valence-corrected chi connectivity index (χ4v) is 2.44. The third kappa shape index (κ3) is 3.93. The van der Waals surface area contributed by atoms with E-state index >= 15 is 0 Å². The first-order chi connectivity index (χ1) is 8.33. The summed E-state index contributed by atoms with van der Waals surface area (Å²) in [6, 6.07) is 8.40. The van der Waals surface area contributed by atoms with Crippen molar-refractivity contribution in [3.63, 3.8) is 0 Å². The highest BCUT2D eigenvalue weighted by Crippen LogP contribution is 2.36. The highest BCUT2D eigenvalue weighted by Gasteiger charge is 2.32. The molecule has 0 amide bonds. The minimum absolute atomic E-state index is 0.388. The van der Waals surface area contributed by atoms with Crippen LogP contribution in [0.2, 0.25) is 0 Å². The van der Waals surface area contributed by atoms with Crippen molar-refractivity contribution in [2.24, 2.45) is 5.92 Å². The van der Waals surface area contributed by atoms with Crippen LogP contribution in [0.15, 0.2) is 29.2 Å². The zero-order valence-electron chi connectivity index (χ0n) is 10.6. The molecule has 1 N–H and O–H groups in total. The van der Waals surface area contributed by atoms with E-state index < -0.39 is 0 Å². The van der Waals surface area contributed by atoms with Crippen molar-refractivity contribution in [3.05, 3.63) is 24.3 Å². The first kappa shape index (κ1) is 12.8. The van der Waals surface area contributed by atoms with E-state index in [1.54, 1.807) is 11.8 Å². The van der Waals surface area contributed by atoms with Crippen LogP contribution < -0.4 is 10.1 Å². The molecule has 0 radical (unpaired) electrons. The molecule has 0 bridgehead atoms. The lowest BCUT2D eigenvalue weighted by molar-refractivity contribution is 0.168. The maximum atomic E-state index is 6.13. The standard InChI is InChI=1S/C14H21NOS/c1-15-9-8-14(11-6-7-11)16-12-4-3-5-13(10-12)17-2/h3-5,10-11,14-15H,6-9H2,1-2H3. The molecule has 1 saturated carbocycles. The van der Waals surface area contributed by atoms with Gasteiger partial charge in [-0.25, -0.2) is 0 Å². The number of thioether (sulfide) groups is 1. The van der Waals surface area contributed by atoms with Gasteiger partial charge >= 0.3 is 0 Å². The van der Waals surface area contributed by atoms with Crippen molar-refractivity contribution in [1.29, 1.82) is 0 Å². The molecule has 3 heteroatoms. The van der Waals surface area contributed by atoms with E-state index in [0.717, 1.165) is 24.6 Å². The van der Waals surface area contributed by atoms with Gasteiger partial charge in [-0.15, -0.1) is 11.8 Å². The summed E-state index contributed by atoms with van der Waals surface area (Å²) in [4.78, 5) is 1.27. The van der Waals surface area contributed by atoms with E-state index in [1.807, 2.05) is 7.05 Å². The SMILES string of the molecule is CNCCC(Oc1cccc(SC)c1)C1CC1. The summed E-state index contributed by atoms with van der Waals surface area (Å²) in [5, 5.41) is 3.21. The Morgan fingerprint density at radius 3 is 2.94 bits per heavy atom. The van der Waals surface area contributed by atoms with Crippen molar-refractivity contribution in [3.8, 4) is 5.75 Å². The lowest BCUT2D eigenvalue weighted by Crippen LogP contribution is -2.24. The minimum atomic E-state index is 0.388. The van der Waals surface area contributed by atoms with E-state index in [0.29, 0.717) is 6.10 Å². The second-order valence-corrected chi connectivity index (χ2v) is 5.44.